The summed E-state index contributed by atoms with van der Waals surface area (Å²) in [5.41, 5.74) is 2.22. The Kier molecular flexibility index (Phi) is 5.53. The van der Waals surface area contributed by atoms with Gasteiger partial charge in [0, 0.05) is 11.6 Å². The van der Waals surface area contributed by atoms with Crippen LogP contribution in [0.25, 0.3) is 0 Å². The van der Waals surface area contributed by atoms with Crippen molar-refractivity contribution in [3.05, 3.63) is 28.3 Å². The Morgan fingerprint density at radius 1 is 1.21 bits per heavy atom. The zero-order valence-corrected chi connectivity index (χ0v) is 12.7. The SMILES string of the molecule is Cc1cc(Cl)cc(C)c1OCCNCC1CCCC1. The third-order valence-electron chi connectivity index (χ3n) is 3.86. The lowest BCUT2D eigenvalue weighted by atomic mass is 10.1. The smallest absolute Gasteiger partial charge is 0.125 e. The summed E-state index contributed by atoms with van der Waals surface area (Å²) < 4.78 is 5.87. The van der Waals surface area contributed by atoms with E-state index in [2.05, 4.69) is 5.32 Å². The van der Waals surface area contributed by atoms with Gasteiger partial charge in [-0.2, -0.15) is 0 Å². The second-order valence-electron chi connectivity index (χ2n) is 5.57. The number of hydrogen-bond acceptors (Lipinski definition) is 2. The summed E-state index contributed by atoms with van der Waals surface area (Å²) >= 11 is 6.01. The standard InChI is InChI=1S/C16H24ClNO/c1-12-9-15(17)10-13(2)16(12)19-8-7-18-11-14-5-3-4-6-14/h9-10,14,18H,3-8,11H2,1-2H3. The summed E-state index contributed by atoms with van der Waals surface area (Å²) in [5, 5.41) is 4.28. The molecule has 0 amide bonds. The molecule has 0 unspecified atom stereocenters. The minimum Gasteiger partial charge on any atom is -0.492 e. The highest BCUT2D eigenvalue weighted by Crippen LogP contribution is 2.27. The van der Waals surface area contributed by atoms with Crippen LogP contribution in [0.4, 0.5) is 0 Å². The van der Waals surface area contributed by atoms with Crippen LogP contribution < -0.4 is 10.1 Å². The fourth-order valence-electron chi connectivity index (χ4n) is 2.87. The molecule has 19 heavy (non-hydrogen) atoms. The van der Waals surface area contributed by atoms with Gasteiger partial charge >= 0.3 is 0 Å². The van der Waals surface area contributed by atoms with Crippen molar-refractivity contribution in [2.45, 2.75) is 39.5 Å². The molecule has 106 valence electrons. The van der Waals surface area contributed by atoms with Gasteiger partial charge in [0.15, 0.2) is 0 Å². The van der Waals surface area contributed by atoms with Gasteiger partial charge in [-0.05, 0) is 62.4 Å². The minimum absolute atomic E-state index is 0.718. The monoisotopic (exact) mass is 281 g/mol. The third-order valence-corrected chi connectivity index (χ3v) is 4.08. The third kappa shape index (κ3) is 4.39. The van der Waals surface area contributed by atoms with Crippen molar-refractivity contribution < 1.29 is 4.74 Å². The Morgan fingerprint density at radius 3 is 2.47 bits per heavy atom. The topological polar surface area (TPSA) is 21.3 Å². The molecule has 1 aromatic carbocycles. The Hall–Kier alpha value is -0.730. The molecule has 1 saturated carbocycles. The molecule has 0 atom stereocenters. The van der Waals surface area contributed by atoms with Gasteiger partial charge in [-0.25, -0.2) is 0 Å². The van der Waals surface area contributed by atoms with E-state index >= 15 is 0 Å². The Morgan fingerprint density at radius 2 is 1.84 bits per heavy atom. The van der Waals surface area contributed by atoms with Gasteiger partial charge < -0.3 is 10.1 Å². The van der Waals surface area contributed by atoms with Gasteiger partial charge in [0.1, 0.15) is 12.4 Å². The number of nitrogens with one attached hydrogen (secondary N) is 1. The molecule has 1 aliphatic carbocycles. The fraction of sp³-hybridized carbons (Fsp3) is 0.625. The summed E-state index contributed by atoms with van der Waals surface area (Å²) in [5.74, 6) is 1.87. The fourth-order valence-corrected chi connectivity index (χ4v) is 3.20. The lowest BCUT2D eigenvalue weighted by molar-refractivity contribution is 0.305. The molecule has 0 spiro atoms. The maximum atomic E-state index is 6.01. The van der Waals surface area contributed by atoms with E-state index in [0.29, 0.717) is 0 Å². The Balaban J connectivity index is 1.70. The summed E-state index contributed by atoms with van der Waals surface area (Å²) in [6, 6.07) is 3.91. The molecule has 0 aliphatic heterocycles. The van der Waals surface area contributed by atoms with Crippen molar-refractivity contribution in [2.24, 2.45) is 5.92 Å². The number of aryl methyl sites for hydroxylation is 2. The average molecular weight is 282 g/mol. The first kappa shape index (κ1) is 14.7. The predicted octanol–water partition coefficient (Wildman–Crippen LogP) is 4.12. The van der Waals surface area contributed by atoms with Gasteiger partial charge in [-0.1, -0.05) is 24.4 Å². The lowest BCUT2D eigenvalue weighted by Gasteiger charge is -2.14. The molecule has 2 nitrogen and oxygen atoms in total. The van der Waals surface area contributed by atoms with Crippen molar-refractivity contribution >= 4 is 11.6 Å². The van der Waals surface area contributed by atoms with Crippen molar-refractivity contribution in [1.82, 2.24) is 5.32 Å². The normalized spacial score (nSPS) is 15.9. The molecule has 0 heterocycles. The molecule has 0 radical (unpaired) electrons. The van der Waals surface area contributed by atoms with Crippen LogP contribution in [0.15, 0.2) is 12.1 Å². The highest BCUT2D eigenvalue weighted by Gasteiger charge is 2.13. The van der Waals surface area contributed by atoms with Gasteiger partial charge in [-0.3, -0.25) is 0 Å². The zero-order valence-electron chi connectivity index (χ0n) is 12.0. The maximum absolute atomic E-state index is 6.01. The van der Waals surface area contributed by atoms with Gasteiger partial charge in [0.2, 0.25) is 0 Å². The van der Waals surface area contributed by atoms with Gasteiger partial charge in [0.25, 0.3) is 0 Å². The van der Waals surface area contributed by atoms with Crippen molar-refractivity contribution in [3.8, 4) is 5.75 Å². The first-order valence-corrected chi connectivity index (χ1v) is 7.65. The molecule has 3 heteroatoms. The number of hydrogen-bond donors (Lipinski definition) is 1. The Bertz CT molecular complexity index is 390. The van der Waals surface area contributed by atoms with Gasteiger partial charge in [0.05, 0.1) is 0 Å². The first-order chi connectivity index (χ1) is 9.16. The van der Waals surface area contributed by atoms with Gasteiger partial charge in [-0.15, -0.1) is 0 Å². The van der Waals surface area contributed by atoms with Crippen molar-refractivity contribution in [2.75, 3.05) is 19.7 Å². The van der Waals surface area contributed by atoms with E-state index < -0.39 is 0 Å². The minimum atomic E-state index is 0.718. The molecule has 2 rings (SSSR count). The molecule has 1 fully saturated rings. The quantitative estimate of drug-likeness (QED) is 0.792. The number of rotatable bonds is 6. The number of benzene rings is 1. The molecule has 0 aromatic heterocycles. The highest BCUT2D eigenvalue weighted by atomic mass is 35.5. The van der Waals surface area contributed by atoms with E-state index in [1.807, 2.05) is 26.0 Å². The molecular formula is C16H24ClNO. The second-order valence-corrected chi connectivity index (χ2v) is 6.01. The van der Waals surface area contributed by atoms with E-state index in [1.165, 1.54) is 25.7 Å². The summed E-state index contributed by atoms with van der Waals surface area (Å²) in [6.45, 7) is 6.86. The number of halogens is 1. The van der Waals surface area contributed by atoms with Crippen molar-refractivity contribution in [3.63, 3.8) is 0 Å². The second kappa shape index (κ2) is 7.16. The Labute approximate surface area is 121 Å². The molecule has 0 bridgehead atoms. The van der Waals surface area contributed by atoms with Crippen LogP contribution in [0.5, 0.6) is 5.75 Å². The maximum Gasteiger partial charge on any atom is 0.125 e. The lowest BCUT2D eigenvalue weighted by Crippen LogP contribution is -2.26. The van der Waals surface area contributed by atoms with E-state index in [1.54, 1.807) is 0 Å². The molecule has 1 aromatic rings. The summed E-state index contributed by atoms with van der Waals surface area (Å²) in [6.07, 6.45) is 5.60. The molecule has 1 aliphatic rings. The van der Waals surface area contributed by atoms with Crippen LogP contribution in [0.3, 0.4) is 0 Å². The van der Waals surface area contributed by atoms with Crippen LogP contribution in [0.2, 0.25) is 5.02 Å². The molecule has 1 N–H and O–H groups in total. The van der Waals surface area contributed by atoms with Crippen LogP contribution >= 0.6 is 11.6 Å². The first-order valence-electron chi connectivity index (χ1n) is 7.27. The van der Waals surface area contributed by atoms with E-state index in [4.69, 9.17) is 16.3 Å². The van der Waals surface area contributed by atoms with Crippen LogP contribution in [0, 0.1) is 19.8 Å². The highest BCUT2D eigenvalue weighted by molar-refractivity contribution is 6.30. The van der Waals surface area contributed by atoms with Crippen LogP contribution in [-0.2, 0) is 0 Å². The number of ether oxygens (including phenoxy) is 1. The van der Waals surface area contributed by atoms with E-state index in [-0.39, 0.29) is 0 Å². The van der Waals surface area contributed by atoms with Crippen LogP contribution in [0.1, 0.15) is 36.8 Å². The summed E-state index contributed by atoms with van der Waals surface area (Å²) in [7, 11) is 0. The van der Waals surface area contributed by atoms with Crippen molar-refractivity contribution in [1.29, 1.82) is 0 Å². The molecular weight excluding hydrogens is 258 g/mol. The summed E-state index contributed by atoms with van der Waals surface area (Å²) in [4.78, 5) is 0. The van der Waals surface area contributed by atoms with Crippen LogP contribution in [-0.4, -0.2) is 19.7 Å². The predicted molar refractivity (Wildman–Crippen MR) is 81.2 cm³/mol. The average Bonchev–Trinajstić information content (AvgIpc) is 2.84. The zero-order chi connectivity index (χ0) is 13.7. The van der Waals surface area contributed by atoms with E-state index in [0.717, 1.165) is 47.5 Å². The van der Waals surface area contributed by atoms with E-state index in [9.17, 15) is 0 Å². The largest absolute Gasteiger partial charge is 0.492 e. The molecule has 0 saturated heterocycles.